The molecule has 0 aromatic heterocycles. The van der Waals surface area contributed by atoms with Crippen LogP contribution in [0.1, 0.15) is 25.7 Å². The number of likely N-dealkylation sites (N-methyl/N-ethyl adjacent to an activating group) is 1. The molecular formula is C17H27FIN3O. The average Bonchev–Trinajstić information content (AvgIpc) is 3.33. The van der Waals surface area contributed by atoms with Gasteiger partial charge in [0.25, 0.3) is 0 Å². The first-order valence-electron chi connectivity index (χ1n) is 8.00. The van der Waals surface area contributed by atoms with E-state index in [1.54, 1.807) is 25.2 Å². The van der Waals surface area contributed by atoms with Crippen LogP contribution in [0.5, 0.6) is 5.75 Å². The Bertz CT molecular complexity index is 494. The number of halogens is 2. The first-order chi connectivity index (χ1) is 10.7. The van der Waals surface area contributed by atoms with E-state index >= 15 is 0 Å². The molecule has 1 aromatic rings. The Morgan fingerprint density at radius 3 is 2.78 bits per heavy atom. The number of hydrogen-bond acceptors (Lipinski definition) is 2. The van der Waals surface area contributed by atoms with E-state index in [-0.39, 0.29) is 29.8 Å². The van der Waals surface area contributed by atoms with Crippen molar-refractivity contribution in [3.63, 3.8) is 0 Å². The third kappa shape index (κ3) is 7.37. The lowest BCUT2D eigenvalue weighted by atomic mass is 10.2. The van der Waals surface area contributed by atoms with Gasteiger partial charge in [-0.05, 0) is 30.9 Å². The molecule has 1 aromatic carbocycles. The Hall–Kier alpha value is -1.05. The molecular weight excluding hydrogens is 408 g/mol. The Labute approximate surface area is 155 Å². The van der Waals surface area contributed by atoms with Gasteiger partial charge in [-0.15, -0.1) is 24.0 Å². The summed E-state index contributed by atoms with van der Waals surface area (Å²) in [7, 11) is 3.73. The standard InChI is InChI=1S/C17H26FN3O.HI/c1-19-17(20-11-5-6-14-9-10-14)21(2)12-13-22-16-8-4-3-7-15(16)18;/h3-4,7-8,14H,5-6,9-13H2,1-2H3,(H,19,20);1H. The molecule has 1 saturated carbocycles. The number of hydrogen-bond donors (Lipinski definition) is 1. The number of rotatable bonds is 8. The Kier molecular flexibility index (Phi) is 9.28. The van der Waals surface area contributed by atoms with Crippen LogP contribution in [0.4, 0.5) is 4.39 Å². The van der Waals surface area contributed by atoms with E-state index in [0.717, 1.165) is 18.4 Å². The number of ether oxygens (including phenoxy) is 1. The quantitative estimate of drug-likeness (QED) is 0.294. The van der Waals surface area contributed by atoms with E-state index in [9.17, 15) is 4.39 Å². The number of para-hydroxylation sites is 1. The predicted octanol–water partition coefficient (Wildman–Crippen LogP) is 3.52. The average molecular weight is 435 g/mol. The molecule has 4 nitrogen and oxygen atoms in total. The lowest BCUT2D eigenvalue weighted by Crippen LogP contribution is -2.41. The highest BCUT2D eigenvalue weighted by Crippen LogP contribution is 2.33. The monoisotopic (exact) mass is 435 g/mol. The number of benzene rings is 1. The summed E-state index contributed by atoms with van der Waals surface area (Å²) in [6.45, 7) is 2.01. The van der Waals surface area contributed by atoms with Crippen molar-refractivity contribution in [1.29, 1.82) is 0 Å². The van der Waals surface area contributed by atoms with Crippen LogP contribution in [0.2, 0.25) is 0 Å². The van der Waals surface area contributed by atoms with Crippen LogP contribution in [0.15, 0.2) is 29.3 Å². The molecule has 0 radical (unpaired) electrons. The minimum Gasteiger partial charge on any atom is -0.489 e. The maximum atomic E-state index is 13.4. The summed E-state index contributed by atoms with van der Waals surface area (Å²) in [6, 6.07) is 6.46. The van der Waals surface area contributed by atoms with Crippen molar-refractivity contribution < 1.29 is 9.13 Å². The van der Waals surface area contributed by atoms with Crippen molar-refractivity contribution in [1.82, 2.24) is 10.2 Å². The lowest BCUT2D eigenvalue weighted by molar-refractivity contribution is 0.270. The second-order valence-electron chi connectivity index (χ2n) is 5.76. The van der Waals surface area contributed by atoms with Gasteiger partial charge >= 0.3 is 0 Å². The summed E-state index contributed by atoms with van der Waals surface area (Å²) < 4.78 is 18.9. The van der Waals surface area contributed by atoms with Crippen molar-refractivity contribution in [2.24, 2.45) is 10.9 Å². The van der Waals surface area contributed by atoms with Gasteiger partial charge in [-0.2, -0.15) is 0 Å². The molecule has 0 saturated heterocycles. The number of guanidine groups is 1. The summed E-state index contributed by atoms with van der Waals surface area (Å²) in [4.78, 5) is 6.26. The fourth-order valence-electron chi connectivity index (χ4n) is 2.34. The molecule has 0 bridgehead atoms. The highest BCUT2D eigenvalue weighted by molar-refractivity contribution is 14.0. The van der Waals surface area contributed by atoms with Crippen LogP contribution < -0.4 is 10.1 Å². The largest absolute Gasteiger partial charge is 0.489 e. The molecule has 0 spiro atoms. The van der Waals surface area contributed by atoms with Crippen molar-refractivity contribution >= 4 is 29.9 Å². The van der Waals surface area contributed by atoms with Crippen LogP contribution in [0.3, 0.4) is 0 Å². The van der Waals surface area contributed by atoms with Gasteiger partial charge in [0.15, 0.2) is 17.5 Å². The summed E-state index contributed by atoms with van der Waals surface area (Å²) in [5.74, 6) is 1.79. The summed E-state index contributed by atoms with van der Waals surface area (Å²) in [5.41, 5.74) is 0. The van der Waals surface area contributed by atoms with E-state index in [4.69, 9.17) is 4.74 Å². The lowest BCUT2D eigenvalue weighted by Gasteiger charge is -2.22. The smallest absolute Gasteiger partial charge is 0.193 e. The van der Waals surface area contributed by atoms with Crippen molar-refractivity contribution in [3.05, 3.63) is 30.1 Å². The van der Waals surface area contributed by atoms with Crippen LogP contribution >= 0.6 is 24.0 Å². The van der Waals surface area contributed by atoms with Gasteiger partial charge in [0.05, 0.1) is 6.54 Å². The zero-order valence-electron chi connectivity index (χ0n) is 13.9. The first-order valence-corrected chi connectivity index (χ1v) is 8.00. The van der Waals surface area contributed by atoms with Crippen molar-refractivity contribution in [3.8, 4) is 5.75 Å². The van der Waals surface area contributed by atoms with Gasteiger partial charge in [-0.3, -0.25) is 4.99 Å². The zero-order valence-corrected chi connectivity index (χ0v) is 16.3. The molecule has 1 N–H and O–H groups in total. The minimum absolute atomic E-state index is 0. The SMILES string of the molecule is CN=C(NCCCC1CC1)N(C)CCOc1ccccc1F.I. The molecule has 0 amide bonds. The summed E-state index contributed by atoms with van der Waals surface area (Å²) >= 11 is 0. The fourth-order valence-corrected chi connectivity index (χ4v) is 2.34. The minimum atomic E-state index is -0.326. The van der Waals surface area contributed by atoms with E-state index in [1.165, 1.54) is 31.7 Å². The van der Waals surface area contributed by atoms with E-state index in [2.05, 4.69) is 10.3 Å². The maximum absolute atomic E-state index is 13.4. The molecule has 1 aliphatic carbocycles. The van der Waals surface area contributed by atoms with E-state index in [0.29, 0.717) is 18.9 Å². The highest BCUT2D eigenvalue weighted by Gasteiger charge is 2.20. The van der Waals surface area contributed by atoms with Gasteiger partial charge in [0, 0.05) is 20.6 Å². The molecule has 2 rings (SSSR count). The highest BCUT2D eigenvalue weighted by atomic mass is 127. The first kappa shape index (κ1) is 20.0. The second-order valence-corrected chi connectivity index (χ2v) is 5.76. The third-order valence-corrected chi connectivity index (χ3v) is 3.86. The third-order valence-electron chi connectivity index (χ3n) is 3.86. The maximum Gasteiger partial charge on any atom is 0.193 e. The molecule has 0 aliphatic heterocycles. The topological polar surface area (TPSA) is 36.9 Å². The predicted molar refractivity (Wildman–Crippen MR) is 103 cm³/mol. The molecule has 130 valence electrons. The van der Waals surface area contributed by atoms with E-state index in [1.807, 2.05) is 11.9 Å². The molecule has 1 fully saturated rings. The molecule has 23 heavy (non-hydrogen) atoms. The molecule has 1 aliphatic rings. The zero-order chi connectivity index (χ0) is 15.8. The number of aliphatic imine (C=N–C) groups is 1. The van der Waals surface area contributed by atoms with Crippen LogP contribution in [-0.4, -0.2) is 44.7 Å². The Morgan fingerprint density at radius 2 is 2.13 bits per heavy atom. The van der Waals surface area contributed by atoms with Gasteiger partial charge in [0.1, 0.15) is 6.61 Å². The Morgan fingerprint density at radius 1 is 1.39 bits per heavy atom. The van der Waals surface area contributed by atoms with Gasteiger partial charge in [0.2, 0.25) is 0 Å². The van der Waals surface area contributed by atoms with Crippen molar-refractivity contribution in [2.45, 2.75) is 25.7 Å². The molecule has 0 atom stereocenters. The van der Waals surface area contributed by atoms with Gasteiger partial charge < -0.3 is 15.0 Å². The van der Waals surface area contributed by atoms with Crippen LogP contribution in [0, 0.1) is 11.7 Å². The number of nitrogens with zero attached hydrogens (tertiary/aromatic N) is 2. The van der Waals surface area contributed by atoms with E-state index < -0.39 is 0 Å². The summed E-state index contributed by atoms with van der Waals surface area (Å²) in [5, 5.41) is 3.36. The number of nitrogens with one attached hydrogen (secondary N) is 1. The Balaban J connectivity index is 0.00000264. The second kappa shape index (κ2) is 10.7. The molecule has 0 unspecified atom stereocenters. The van der Waals surface area contributed by atoms with Gasteiger partial charge in [-0.25, -0.2) is 4.39 Å². The molecule has 6 heteroatoms. The van der Waals surface area contributed by atoms with Crippen LogP contribution in [0.25, 0.3) is 0 Å². The fraction of sp³-hybridized carbons (Fsp3) is 0.588. The van der Waals surface area contributed by atoms with Gasteiger partial charge in [-0.1, -0.05) is 25.0 Å². The summed E-state index contributed by atoms with van der Waals surface area (Å²) in [6.07, 6.45) is 5.30. The molecule has 0 heterocycles. The normalized spacial score (nSPS) is 14.1. The van der Waals surface area contributed by atoms with Crippen molar-refractivity contribution in [2.75, 3.05) is 33.8 Å². The van der Waals surface area contributed by atoms with Crippen LogP contribution in [-0.2, 0) is 0 Å².